The summed E-state index contributed by atoms with van der Waals surface area (Å²) >= 11 is 0. The van der Waals surface area contributed by atoms with Crippen molar-refractivity contribution in [1.29, 1.82) is 0 Å². The summed E-state index contributed by atoms with van der Waals surface area (Å²) in [6.07, 6.45) is 5.28. The van der Waals surface area contributed by atoms with E-state index in [1.165, 1.54) is 0 Å². The molecule has 0 unspecified atom stereocenters. The van der Waals surface area contributed by atoms with Crippen LogP contribution in [-0.2, 0) is 26.0 Å². The van der Waals surface area contributed by atoms with Gasteiger partial charge in [-0.15, -0.1) is 0 Å². The Morgan fingerprint density at radius 2 is 1.67 bits per heavy atom. The van der Waals surface area contributed by atoms with Crippen LogP contribution >= 0.6 is 0 Å². The predicted molar refractivity (Wildman–Crippen MR) is 178 cm³/mol. The number of aromatic nitrogens is 2. The van der Waals surface area contributed by atoms with Crippen LogP contribution in [0.2, 0.25) is 0 Å². The van der Waals surface area contributed by atoms with Crippen molar-refractivity contribution < 1.29 is 18.0 Å². The number of sulfonamides is 1. The van der Waals surface area contributed by atoms with E-state index in [9.17, 15) is 22.8 Å². The van der Waals surface area contributed by atoms with E-state index in [1.54, 1.807) is 30.3 Å². The van der Waals surface area contributed by atoms with Crippen molar-refractivity contribution in [3.63, 3.8) is 0 Å². The highest BCUT2D eigenvalue weighted by Crippen LogP contribution is 2.30. The molecule has 7 N–H and O–H groups in total. The Morgan fingerprint density at radius 3 is 2.35 bits per heavy atom. The number of hydrogen-bond donors (Lipinski definition) is 6. The molecule has 0 aliphatic heterocycles. The van der Waals surface area contributed by atoms with Crippen molar-refractivity contribution in [2.24, 2.45) is 17.6 Å². The lowest BCUT2D eigenvalue weighted by molar-refractivity contribution is -0.130. The van der Waals surface area contributed by atoms with Gasteiger partial charge in [-0.3, -0.25) is 24.6 Å². The maximum absolute atomic E-state index is 13.6. The molecule has 4 aromatic rings. The number of benzene rings is 3. The van der Waals surface area contributed by atoms with E-state index in [-0.39, 0.29) is 40.6 Å². The number of rotatable bonds is 11. The lowest BCUT2D eigenvalue weighted by Gasteiger charge is -2.28. The molecule has 2 saturated carbocycles. The molecule has 46 heavy (non-hydrogen) atoms. The Kier molecular flexibility index (Phi) is 9.12. The summed E-state index contributed by atoms with van der Waals surface area (Å²) in [6.45, 7) is 2.50. The Morgan fingerprint density at radius 1 is 0.935 bits per heavy atom. The molecule has 1 aromatic heterocycles. The average molecular weight is 645 g/mol. The van der Waals surface area contributed by atoms with Crippen LogP contribution in [0.3, 0.4) is 0 Å². The quantitative estimate of drug-likeness (QED) is 0.145. The number of carbonyl (C=O) groups excluding carboxylic acids is 2. The first kappa shape index (κ1) is 31.7. The number of nitrogens with two attached hydrogens (primary N) is 1. The third-order valence-electron chi connectivity index (χ3n) is 9.14. The second kappa shape index (κ2) is 13.2. The smallest absolute Gasteiger partial charge is 0.271 e. The number of hydrogen-bond acceptors (Lipinski definition) is 6. The van der Waals surface area contributed by atoms with Crippen LogP contribution in [-0.4, -0.2) is 49.1 Å². The maximum atomic E-state index is 13.6. The molecule has 1 heterocycles. The largest absolute Gasteiger partial charge is 0.344 e. The molecule has 0 bridgehead atoms. The Bertz CT molecular complexity index is 1900. The molecule has 0 spiro atoms. The van der Waals surface area contributed by atoms with Gasteiger partial charge in [0.05, 0.1) is 15.8 Å². The van der Waals surface area contributed by atoms with E-state index in [1.807, 2.05) is 37.3 Å². The van der Waals surface area contributed by atoms with Gasteiger partial charge < -0.3 is 16.4 Å². The van der Waals surface area contributed by atoms with Crippen LogP contribution in [0.25, 0.3) is 22.0 Å². The van der Waals surface area contributed by atoms with Gasteiger partial charge in [0, 0.05) is 24.1 Å². The summed E-state index contributed by atoms with van der Waals surface area (Å²) in [5.74, 6) is -0.242. The van der Waals surface area contributed by atoms with Gasteiger partial charge in [0.25, 0.3) is 5.56 Å². The van der Waals surface area contributed by atoms with Crippen LogP contribution in [0.15, 0.2) is 70.4 Å². The molecular formula is C34H40N6O5S. The van der Waals surface area contributed by atoms with Gasteiger partial charge in [-0.05, 0) is 110 Å². The summed E-state index contributed by atoms with van der Waals surface area (Å²) in [5, 5.41) is 11.7. The van der Waals surface area contributed by atoms with Crippen LogP contribution in [0.5, 0.6) is 0 Å². The summed E-state index contributed by atoms with van der Waals surface area (Å²) in [4.78, 5) is 39.1. The minimum atomic E-state index is -3.55. The number of aryl methyl sites for hydroxylation is 1. The van der Waals surface area contributed by atoms with Gasteiger partial charge in [-0.1, -0.05) is 30.3 Å². The van der Waals surface area contributed by atoms with Crippen LogP contribution in [0, 0.1) is 18.8 Å². The highest BCUT2D eigenvalue weighted by molar-refractivity contribution is 7.89. The molecule has 0 saturated heterocycles. The SMILES string of the molecule is Cc1cc(S(=O)(=O)NC2CC2)ccc1-c1ccc(C[C@H](NC(=O)C2CCC(CN)CC2)C(=O)Nc2ccc3c(=O)[nH][nH]c3c2)cc1. The standard InChI is InChI=1S/C34H40N6O5S/c1-20-16-27(46(44,45)40-25-10-11-25)13-15-28(20)23-6-2-21(3-7-23)17-31(37-32(41)24-8-4-22(19-35)5-9-24)34(43)36-26-12-14-29-30(18-26)38-39-33(29)42/h2-3,6-7,12-16,18,22,24-25,31,40H,4-5,8-11,17,19,35H2,1H3,(H,36,43)(H,37,41)(H2,38,39,42)/t22?,24?,31-/m0/s1. The summed E-state index contributed by atoms with van der Waals surface area (Å²) < 4.78 is 28.1. The number of carbonyl (C=O) groups is 2. The molecule has 3 aromatic carbocycles. The average Bonchev–Trinajstić information content (AvgIpc) is 3.79. The van der Waals surface area contributed by atoms with E-state index in [2.05, 4.69) is 25.6 Å². The zero-order valence-corrected chi connectivity index (χ0v) is 26.6. The zero-order valence-electron chi connectivity index (χ0n) is 25.8. The van der Waals surface area contributed by atoms with Gasteiger partial charge in [0.1, 0.15) is 6.04 Å². The fourth-order valence-electron chi connectivity index (χ4n) is 6.18. The first-order chi connectivity index (χ1) is 22.1. The van der Waals surface area contributed by atoms with E-state index in [4.69, 9.17) is 5.73 Å². The van der Waals surface area contributed by atoms with Gasteiger partial charge in [0.2, 0.25) is 21.8 Å². The van der Waals surface area contributed by atoms with Crippen molar-refractivity contribution in [3.05, 3.63) is 82.1 Å². The monoisotopic (exact) mass is 644 g/mol. The molecule has 0 radical (unpaired) electrons. The fraction of sp³-hybridized carbons (Fsp3) is 0.382. The first-order valence-electron chi connectivity index (χ1n) is 15.8. The van der Waals surface area contributed by atoms with Crippen molar-refractivity contribution >= 4 is 38.4 Å². The third kappa shape index (κ3) is 7.24. The number of nitrogens with one attached hydrogen (secondary N) is 5. The number of anilines is 1. The Balaban J connectivity index is 1.18. The molecule has 6 rings (SSSR count). The van der Waals surface area contributed by atoms with Crippen molar-refractivity contribution in [1.82, 2.24) is 20.2 Å². The van der Waals surface area contributed by atoms with Gasteiger partial charge >= 0.3 is 0 Å². The zero-order chi connectivity index (χ0) is 32.4. The number of fused-ring (bicyclic) bond motifs is 1. The Labute approximate surface area is 267 Å². The topological polar surface area (TPSA) is 179 Å². The Hall–Kier alpha value is -4.26. The lowest BCUT2D eigenvalue weighted by Crippen LogP contribution is -2.48. The van der Waals surface area contributed by atoms with Crippen LogP contribution in [0.1, 0.15) is 49.7 Å². The number of H-pyrrole nitrogens is 2. The molecule has 2 aliphatic carbocycles. The second-order valence-corrected chi connectivity index (χ2v) is 14.3. The third-order valence-corrected chi connectivity index (χ3v) is 10.7. The fourth-order valence-corrected chi connectivity index (χ4v) is 7.57. The molecule has 1 atom stereocenters. The predicted octanol–water partition coefficient (Wildman–Crippen LogP) is 3.70. The number of amides is 2. The maximum Gasteiger partial charge on any atom is 0.271 e. The second-order valence-electron chi connectivity index (χ2n) is 12.6. The van der Waals surface area contributed by atoms with Gasteiger partial charge in [-0.25, -0.2) is 13.1 Å². The van der Waals surface area contributed by atoms with E-state index >= 15 is 0 Å². The van der Waals surface area contributed by atoms with Crippen LogP contribution in [0.4, 0.5) is 5.69 Å². The van der Waals surface area contributed by atoms with Gasteiger partial charge in [-0.2, -0.15) is 0 Å². The molecular weight excluding hydrogens is 604 g/mol. The summed E-state index contributed by atoms with van der Waals surface area (Å²) in [5.41, 5.74) is 10.2. The number of aromatic amines is 2. The van der Waals surface area contributed by atoms with E-state index < -0.39 is 16.1 Å². The van der Waals surface area contributed by atoms with Crippen molar-refractivity contribution in [3.8, 4) is 11.1 Å². The minimum absolute atomic E-state index is 0.0350. The minimum Gasteiger partial charge on any atom is -0.344 e. The van der Waals surface area contributed by atoms with Crippen molar-refractivity contribution in [2.45, 2.75) is 68.8 Å². The molecule has 2 amide bonds. The van der Waals surface area contributed by atoms with Crippen molar-refractivity contribution in [2.75, 3.05) is 11.9 Å². The lowest BCUT2D eigenvalue weighted by atomic mass is 9.81. The van der Waals surface area contributed by atoms with E-state index in [0.29, 0.717) is 29.1 Å². The highest BCUT2D eigenvalue weighted by atomic mass is 32.2. The highest BCUT2D eigenvalue weighted by Gasteiger charge is 2.30. The molecule has 242 valence electrons. The molecule has 12 heteroatoms. The van der Waals surface area contributed by atoms with Gasteiger partial charge in [0.15, 0.2) is 0 Å². The van der Waals surface area contributed by atoms with Crippen LogP contribution < -0.4 is 26.6 Å². The van der Waals surface area contributed by atoms with E-state index in [0.717, 1.165) is 60.8 Å². The molecule has 11 nitrogen and oxygen atoms in total. The summed E-state index contributed by atoms with van der Waals surface area (Å²) in [6, 6.07) is 17.0. The summed E-state index contributed by atoms with van der Waals surface area (Å²) in [7, 11) is -3.55. The molecule has 2 fully saturated rings. The first-order valence-corrected chi connectivity index (χ1v) is 17.3. The molecule has 2 aliphatic rings. The normalized spacial score (nSPS) is 19.1.